The third-order valence-electron chi connectivity index (χ3n) is 3.31. The van der Waals surface area contributed by atoms with Crippen LogP contribution in [0.25, 0.3) is 0 Å². The van der Waals surface area contributed by atoms with Crippen LogP contribution in [0.4, 0.5) is 5.69 Å². The van der Waals surface area contributed by atoms with Crippen molar-refractivity contribution in [1.82, 2.24) is 10.3 Å². The second-order valence-corrected chi connectivity index (χ2v) is 5.01. The normalized spacial score (nSPS) is 13.0. The molecule has 6 heteroatoms. The summed E-state index contributed by atoms with van der Waals surface area (Å²) >= 11 is 0. The first-order valence-electron chi connectivity index (χ1n) is 7.29. The van der Waals surface area contributed by atoms with Crippen LogP contribution in [0.3, 0.4) is 0 Å². The zero-order valence-corrected chi connectivity index (χ0v) is 12.7. The first kappa shape index (κ1) is 15.3. The van der Waals surface area contributed by atoms with Crippen LogP contribution in [0.15, 0.2) is 72.4 Å². The Kier molecular flexibility index (Phi) is 4.54. The Morgan fingerprint density at radius 2 is 2.08 bits per heavy atom. The molecule has 1 aliphatic heterocycles. The van der Waals surface area contributed by atoms with E-state index in [1.165, 1.54) is 0 Å². The lowest BCUT2D eigenvalue weighted by Gasteiger charge is -2.17. The fourth-order valence-corrected chi connectivity index (χ4v) is 2.08. The van der Waals surface area contributed by atoms with Crippen molar-refractivity contribution in [2.24, 2.45) is 0 Å². The largest absolute Gasteiger partial charge is 0.441 e. The number of amides is 1. The smallest absolute Gasteiger partial charge is 0.253 e. The fourth-order valence-electron chi connectivity index (χ4n) is 2.08. The molecule has 1 aromatic carbocycles. The van der Waals surface area contributed by atoms with Crippen LogP contribution in [0.2, 0.25) is 0 Å². The number of ether oxygens (including phenoxy) is 1. The first-order chi connectivity index (χ1) is 11.7. The number of hydrogen-bond donors (Lipinski definition) is 2. The van der Waals surface area contributed by atoms with Crippen molar-refractivity contribution in [2.75, 3.05) is 11.9 Å². The van der Waals surface area contributed by atoms with Crippen LogP contribution >= 0.6 is 0 Å². The van der Waals surface area contributed by atoms with Crippen LogP contribution in [-0.2, 0) is 4.79 Å². The van der Waals surface area contributed by atoms with Gasteiger partial charge in [-0.2, -0.15) is 5.26 Å². The van der Waals surface area contributed by atoms with E-state index in [0.717, 1.165) is 0 Å². The summed E-state index contributed by atoms with van der Waals surface area (Å²) in [7, 11) is 0. The van der Waals surface area contributed by atoms with Crippen molar-refractivity contribution in [1.29, 1.82) is 5.26 Å². The molecular weight excluding hydrogens is 304 g/mol. The number of rotatable bonds is 4. The van der Waals surface area contributed by atoms with Gasteiger partial charge in [-0.05, 0) is 48.6 Å². The number of pyridine rings is 1. The van der Waals surface area contributed by atoms with E-state index in [2.05, 4.69) is 21.7 Å². The number of allylic oxidation sites excluding steroid dienone is 2. The van der Waals surface area contributed by atoms with Gasteiger partial charge in [-0.25, -0.2) is 0 Å². The van der Waals surface area contributed by atoms with Crippen LogP contribution in [0.1, 0.15) is 5.56 Å². The molecule has 0 bridgehead atoms. The van der Waals surface area contributed by atoms with Gasteiger partial charge in [-0.15, -0.1) is 0 Å². The van der Waals surface area contributed by atoms with Gasteiger partial charge in [-0.1, -0.05) is 0 Å². The topological polar surface area (TPSA) is 87.0 Å². The highest BCUT2D eigenvalue weighted by Crippen LogP contribution is 2.16. The molecule has 2 N–H and O–H groups in total. The second kappa shape index (κ2) is 7.11. The van der Waals surface area contributed by atoms with E-state index in [9.17, 15) is 4.79 Å². The highest BCUT2D eigenvalue weighted by Gasteiger charge is 2.14. The number of carbonyl (C=O) groups is 1. The number of dihydropyridines is 1. The van der Waals surface area contributed by atoms with Crippen LogP contribution in [0, 0.1) is 11.3 Å². The van der Waals surface area contributed by atoms with Crippen LogP contribution in [0.5, 0.6) is 5.75 Å². The molecule has 3 rings (SSSR count). The number of carbonyl (C=O) groups excluding carboxylic acids is 1. The summed E-state index contributed by atoms with van der Waals surface area (Å²) in [4.78, 5) is 16.1. The molecular formula is C18H14N4O2. The maximum Gasteiger partial charge on any atom is 0.253 e. The fraction of sp³-hybridized carbons (Fsp3) is 0.0556. The predicted molar refractivity (Wildman–Crippen MR) is 88.8 cm³/mol. The van der Waals surface area contributed by atoms with Crippen molar-refractivity contribution in [3.05, 3.63) is 78.0 Å². The summed E-state index contributed by atoms with van der Waals surface area (Å²) in [5, 5.41) is 14.6. The Balaban J connectivity index is 1.63. The third kappa shape index (κ3) is 3.78. The first-order valence-corrected chi connectivity index (χ1v) is 7.29. The van der Waals surface area contributed by atoms with Crippen molar-refractivity contribution < 1.29 is 9.53 Å². The monoisotopic (exact) mass is 318 g/mol. The molecule has 6 nitrogen and oxygen atoms in total. The molecule has 24 heavy (non-hydrogen) atoms. The Hall–Kier alpha value is -3.59. The van der Waals surface area contributed by atoms with Crippen molar-refractivity contribution in [3.63, 3.8) is 0 Å². The molecule has 1 amide bonds. The van der Waals surface area contributed by atoms with Crippen molar-refractivity contribution in [2.45, 2.75) is 0 Å². The summed E-state index contributed by atoms with van der Waals surface area (Å²) in [6.07, 6.45) is 6.64. The number of anilines is 1. The van der Waals surface area contributed by atoms with Gasteiger partial charge in [0.25, 0.3) is 5.91 Å². The maximum atomic E-state index is 12.2. The van der Waals surface area contributed by atoms with E-state index < -0.39 is 0 Å². The van der Waals surface area contributed by atoms with Gasteiger partial charge in [0.15, 0.2) is 5.88 Å². The highest BCUT2D eigenvalue weighted by molar-refractivity contribution is 6.04. The number of nitrogens with zero attached hydrogens (tertiary/aromatic N) is 2. The lowest BCUT2D eigenvalue weighted by atomic mass is 10.2. The quantitative estimate of drug-likeness (QED) is 0.903. The van der Waals surface area contributed by atoms with Gasteiger partial charge < -0.3 is 15.4 Å². The molecule has 0 saturated carbocycles. The van der Waals surface area contributed by atoms with E-state index in [4.69, 9.17) is 10.00 Å². The molecule has 118 valence electrons. The third-order valence-corrected chi connectivity index (χ3v) is 3.31. The number of aromatic nitrogens is 1. The Morgan fingerprint density at radius 3 is 2.71 bits per heavy atom. The molecule has 0 spiro atoms. The summed E-state index contributed by atoms with van der Waals surface area (Å²) < 4.78 is 5.66. The lowest BCUT2D eigenvalue weighted by Crippen LogP contribution is -2.29. The van der Waals surface area contributed by atoms with Gasteiger partial charge in [-0.3, -0.25) is 9.78 Å². The van der Waals surface area contributed by atoms with Gasteiger partial charge in [0.1, 0.15) is 5.75 Å². The van der Waals surface area contributed by atoms with E-state index in [1.807, 2.05) is 0 Å². The molecule has 0 radical (unpaired) electrons. The molecule has 2 heterocycles. The van der Waals surface area contributed by atoms with Crippen molar-refractivity contribution in [3.8, 4) is 11.8 Å². The standard InChI is InChI=1S/C18H14N4O2/c19-10-13-3-6-16(7-4-13)24-17-8-5-14(11-21-17)18(23)22-15-2-1-9-20-12-15/h1-9,12,21H,11H2,(H,22,23). The van der Waals surface area contributed by atoms with Gasteiger partial charge >= 0.3 is 0 Å². The van der Waals surface area contributed by atoms with Gasteiger partial charge in [0.2, 0.25) is 0 Å². The SMILES string of the molecule is N#Cc1ccc(OC2=CC=C(C(=O)Nc3cccnc3)CN2)cc1. The predicted octanol–water partition coefficient (Wildman–Crippen LogP) is 2.34. The zero-order chi connectivity index (χ0) is 16.8. The van der Waals surface area contributed by atoms with Gasteiger partial charge in [0, 0.05) is 18.3 Å². The van der Waals surface area contributed by atoms with Crippen LogP contribution in [-0.4, -0.2) is 17.4 Å². The minimum atomic E-state index is -0.191. The van der Waals surface area contributed by atoms with Crippen LogP contribution < -0.4 is 15.4 Å². The molecule has 0 fully saturated rings. The summed E-state index contributed by atoms with van der Waals surface area (Å²) in [5.41, 5.74) is 1.81. The number of benzene rings is 1. The number of nitriles is 1. The van der Waals surface area contributed by atoms with E-state index in [0.29, 0.717) is 35.0 Å². The molecule has 0 unspecified atom stereocenters. The zero-order valence-electron chi connectivity index (χ0n) is 12.7. The molecule has 1 aliphatic rings. The minimum absolute atomic E-state index is 0.191. The second-order valence-electron chi connectivity index (χ2n) is 5.01. The Morgan fingerprint density at radius 1 is 1.25 bits per heavy atom. The summed E-state index contributed by atoms with van der Waals surface area (Å²) in [5.74, 6) is 0.964. The molecule has 2 aromatic rings. The van der Waals surface area contributed by atoms with E-state index in [-0.39, 0.29) is 5.91 Å². The lowest BCUT2D eigenvalue weighted by molar-refractivity contribution is -0.112. The summed E-state index contributed by atoms with van der Waals surface area (Å²) in [6.45, 7) is 0.355. The average molecular weight is 318 g/mol. The number of nitrogens with one attached hydrogen (secondary N) is 2. The van der Waals surface area contributed by atoms with Crippen molar-refractivity contribution >= 4 is 11.6 Å². The maximum absolute atomic E-state index is 12.2. The number of hydrogen-bond acceptors (Lipinski definition) is 5. The van der Waals surface area contributed by atoms with E-state index in [1.54, 1.807) is 60.9 Å². The molecule has 0 atom stereocenters. The molecule has 0 saturated heterocycles. The highest BCUT2D eigenvalue weighted by atomic mass is 16.5. The Bertz CT molecular complexity index is 834. The minimum Gasteiger partial charge on any atom is -0.441 e. The molecule has 1 aromatic heterocycles. The van der Waals surface area contributed by atoms with E-state index >= 15 is 0 Å². The average Bonchev–Trinajstić information content (AvgIpc) is 2.64. The molecule has 0 aliphatic carbocycles. The van der Waals surface area contributed by atoms with Gasteiger partial charge in [0.05, 0.1) is 23.5 Å². The summed E-state index contributed by atoms with van der Waals surface area (Å²) in [6, 6.07) is 12.4. The Labute approximate surface area is 139 Å².